The molecule has 3 nitrogen and oxygen atoms in total. The Hall–Kier alpha value is -2.00. The molecule has 0 amide bonds. The predicted octanol–water partition coefficient (Wildman–Crippen LogP) is 3.60. The van der Waals surface area contributed by atoms with E-state index in [1.807, 2.05) is 49.4 Å². The van der Waals surface area contributed by atoms with Crippen molar-refractivity contribution in [1.82, 2.24) is 0 Å². The molecule has 2 rings (SSSR count). The van der Waals surface area contributed by atoms with Crippen LogP contribution >= 0.6 is 0 Å². The van der Waals surface area contributed by atoms with Crippen molar-refractivity contribution in [2.75, 3.05) is 19.8 Å². The summed E-state index contributed by atoms with van der Waals surface area (Å²) >= 11 is 0. The Labute approximate surface area is 126 Å². The lowest BCUT2D eigenvalue weighted by Crippen LogP contribution is -2.15. The summed E-state index contributed by atoms with van der Waals surface area (Å²) in [5.41, 5.74) is 7.15. The first-order valence-corrected chi connectivity index (χ1v) is 7.44. The summed E-state index contributed by atoms with van der Waals surface area (Å²) in [4.78, 5) is 0. The molecule has 0 bridgehead atoms. The van der Waals surface area contributed by atoms with Crippen LogP contribution in [-0.4, -0.2) is 19.8 Å². The van der Waals surface area contributed by atoms with E-state index in [9.17, 15) is 0 Å². The minimum Gasteiger partial charge on any atom is -0.490 e. The standard InChI is InChI=1S/C18H23NO2/c1-2-20-17-10-6-7-11-18(17)21-13-12-16(14-19)15-8-4-3-5-9-15/h3-11,16H,2,12-14,19H2,1H3. The lowest BCUT2D eigenvalue weighted by molar-refractivity contribution is 0.267. The summed E-state index contributed by atoms with van der Waals surface area (Å²) in [6.07, 6.45) is 0.890. The van der Waals surface area contributed by atoms with E-state index >= 15 is 0 Å². The molecule has 3 heteroatoms. The molecular formula is C18H23NO2. The van der Waals surface area contributed by atoms with Gasteiger partial charge in [-0.05, 0) is 43.5 Å². The molecule has 0 fully saturated rings. The first kappa shape index (κ1) is 15.4. The minimum absolute atomic E-state index is 0.324. The number of ether oxygens (including phenoxy) is 2. The molecule has 0 aliphatic carbocycles. The zero-order valence-corrected chi connectivity index (χ0v) is 12.5. The molecule has 0 saturated heterocycles. The van der Waals surface area contributed by atoms with E-state index in [1.54, 1.807) is 0 Å². The highest BCUT2D eigenvalue weighted by molar-refractivity contribution is 5.39. The third-order valence-corrected chi connectivity index (χ3v) is 3.43. The minimum atomic E-state index is 0.324. The number of hydrogen-bond acceptors (Lipinski definition) is 3. The van der Waals surface area contributed by atoms with Gasteiger partial charge in [-0.2, -0.15) is 0 Å². The van der Waals surface area contributed by atoms with Gasteiger partial charge in [0, 0.05) is 0 Å². The molecule has 2 aromatic rings. The van der Waals surface area contributed by atoms with Crippen molar-refractivity contribution in [3.8, 4) is 11.5 Å². The van der Waals surface area contributed by atoms with Crippen LogP contribution in [-0.2, 0) is 0 Å². The first-order chi connectivity index (χ1) is 10.3. The van der Waals surface area contributed by atoms with Gasteiger partial charge in [-0.3, -0.25) is 0 Å². The smallest absolute Gasteiger partial charge is 0.161 e. The van der Waals surface area contributed by atoms with Crippen LogP contribution in [0.3, 0.4) is 0 Å². The van der Waals surface area contributed by atoms with Gasteiger partial charge >= 0.3 is 0 Å². The Morgan fingerprint density at radius 1 is 0.905 bits per heavy atom. The van der Waals surface area contributed by atoms with Crippen LogP contribution in [0.4, 0.5) is 0 Å². The molecule has 0 spiro atoms. The van der Waals surface area contributed by atoms with Crippen LogP contribution in [0.25, 0.3) is 0 Å². The predicted molar refractivity (Wildman–Crippen MR) is 86.0 cm³/mol. The zero-order chi connectivity index (χ0) is 14.9. The van der Waals surface area contributed by atoms with Crippen molar-refractivity contribution >= 4 is 0 Å². The van der Waals surface area contributed by atoms with Crippen LogP contribution in [0.5, 0.6) is 11.5 Å². The number of hydrogen-bond donors (Lipinski definition) is 1. The average Bonchev–Trinajstić information content (AvgIpc) is 2.54. The van der Waals surface area contributed by atoms with Crippen molar-refractivity contribution in [2.24, 2.45) is 5.73 Å². The monoisotopic (exact) mass is 285 g/mol. The molecule has 0 aromatic heterocycles. The fraction of sp³-hybridized carbons (Fsp3) is 0.333. The molecule has 1 unspecified atom stereocenters. The topological polar surface area (TPSA) is 44.5 Å². The van der Waals surface area contributed by atoms with Gasteiger partial charge in [0.2, 0.25) is 0 Å². The highest BCUT2D eigenvalue weighted by Crippen LogP contribution is 2.27. The lowest BCUT2D eigenvalue weighted by atomic mass is 9.96. The molecule has 0 radical (unpaired) electrons. The van der Waals surface area contributed by atoms with E-state index < -0.39 is 0 Å². The highest BCUT2D eigenvalue weighted by atomic mass is 16.5. The normalized spacial score (nSPS) is 11.9. The third-order valence-electron chi connectivity index (χ3n) is 3.43. The molecule has 2 aromatic carbocycles. The molecule has 21 heavy (non-hydrogen) atoms. The second-order valence-electron chi connectivity index (χ2n) is 4.86. The molecular weight excluding hydrogens is 262 g/mol. The fourth-order valence-electron chi connectivity index (χ4n) is 2.30. The maximum atomic E-state index is 5.88. The molecule has 2 N–H and O–H groups in total. The SMILES string of the molecule is CCOc1ccccc1OCCC(CN)c1ccccc1. The van der Waals surface area contributed by atoms with Crippen molar-refractivity contribution in [2.45, 2.75) is 19.3 Å². The summed E-state index contributed by atoms with van der Waals surface area (Å²) in [6.45, 7) is 3.85. The quantitative estimate of drug-likeness (QED) is 0.806. The van der Waals surface area contributed by atoms with Crippen molar-refractivity contribution < 1.29 is 9.47 Å². The van der Waals surface area contributed by atoms with Gasteiger partial charge in [-0.1, -0.05) is 42.5 Å². The third kappa shape index (κ3) is 4.50. The molecule has 0 aliphatic heterocycles. The molecule has 112 valence electrons. The second-order valence-corrected chi connectivity index (χ2v) is 4.86. The van der Waals surface area contributed by atoms with Gasteiger partial charge in [0.1, 0.15) is 0 Å². The zero-order valence-electron chi connectivity index (χ0n) is 12.5. The Morgan fingerprint density at radius 2 is 1.52 bits per heavy atom. The van der Waals surface area contributed by atoms with E-state index in [-0.39, 0.29) is 0 Å². The lowest BCUT2D eigenvalue weighted by Gasteiger charge is -2.16. The van der Waals surface area contributed by atoms with Gasteiger partial charge in [-0.15, -0.1) is 0 Å². The van der Waals surface area contributed by atoms with Crippen LogP contribution in [0, 0.1) is 0 Å². The van der Waals surface area contributed by atoms with Crippen LogP contribution in [0.2, 0.25) is 0 Å². The molecule has 1 atom stereocenters. The number of benzene rings is 2. The van der Waals surface area contributed by atoms with Gasteiger partial charge in [0.15, 0.2) is 11.5 Å². The Balaban J connectivity index is 1.91. The van der Waals surface area contributed by atoms with Gasteiger partial charge in [0.25, 0.3) is 0 Å². The van der Waals surface area contributed by atoms with Crippen molar-refractivity contribution in [3.05, 3.63) is 60.2 Å². The molecule has 0 heterocycles. The maximum absolute atomic E-state index is 5.88. The summed E-state index contributed by atoms with van der Waals surface area (Å²) in [5, 5.41) is 0. The Bertz CT molecular complexity index is 528. The van der Waals surface area contributed by atoms with Gasteiger partial charge < -0.3 is 15.2 Å². The molecule has 0 aliphatic rings. The summed E-state index contributed by atoms with van der Waals surface area (Å²) in [5.74, 6) is 1.91. The van der Waals surface area contributed by atoms with Gasteiger partial charge in [0.05, 0.1) is 13.2 Å². The fourth-order valence-corrected chi connectivity index (χ4v) is 2.30. The average molecular weight is 285 g/mol. The number of rotatable bonds is 8. The Morgan fingerprint density at radius 3 is 2.14 bits per heavy atom. The second kappa shape index (κ2) is 8.32. The van der Waals surface area contributed by atoms with E-state index in [0.717, 1.165) is 17.9 Å². The van der Waals surface area contributed by atoms with Crippen LogP contribution in [0.15, 0.2) is 54.6 Å². The van der Waals surface area contributed by atoms with Crippen molar-refractivity contribution in [3.63, 3.8) is 0 Å². The van der Waals surface area contributed by atoms with E-state index in [0.29, 0.717) is 25.7 Å². The van der Waals surface area contributed by atoms with Crippen LogP contribution < -0.4 is 15.2 Å². The van der Waals surface area contributed by atoms with Crippen LogP contribution in [0.1, 0.15) is 24.8 Å². The highest BCUT2D eigenvalue weighted by Gasteiger charge is 2.10. The largest absolute Gasteiger partial charge is 0.490 e. The van der Waals surface area contributed by atoms with E-state index in [1.165, 1.54) is 5.56 Å². The summed E-state index contributed by atoms with van der Waals surface area (Å²) < 4.78 is 11.4. The maximum Gasteiger partial charge on any atom is 0.161 e. The summed E-state index contributed by atoms with van der Waals surface area (Å²) in [6, 6.07) is 18.1. The first-order valence-electron chi connectivity index (χ1n) is 7.44. The molecule has 0 saturated carbocycles. The summed E-state index contributed by atoms with van der Waals surface area (Å²) in [7, 11) is 0. The van der Waals surface area contributed by atoms with Crippen molar-refractivity contribution in [1.29, 1.82) is 0 Å². The van der Waals surface area contributed by atoms with E-state index in [4.69, 9.17) is 15.2 Å². The van der Waals surface area contributed by atoms with E-state index in [2.05, 4.69) is 12.1 Å². The number of nitrogens with two attached hydrogens (primary N) is 1. The number of para-hydroxylation sites is 2. The Kier molecular flexibility index (Phi) is 6.10. The van der Waals surface area contributed by atoms with Gasteiger partial charge in [-0.25, -0.2) is 0 Å².